The van der Waals surface area contributed by atoms with Gasteiger partial charge in [-0.3, -0.25) is 4.99 Å². The lowest BCUT2D eigenvalue weighted by Gasteiger charge is -2.39. The molecule has 21 heavy (non-hydrogen) atoms. The molecular weight excluding hydrogens is 285 g/mol. The first-order valence-corrected chi connectivity index (χ1v) is 7.90. The standard InChI is InChI=1S/C16H18FN3S/c1-2-16(13-7-3-4-8-14(13)17)11-19-15(18)20(16)10-12-6-5-9-21-12/h3-9H,2,10-11H2,1H3,(H2,18,19). The molecule has 0 amide bonds. The fourth-order valence-corrected chi connectivity index (χ4v) is 3.65. The normalized spacial score (nSPS) is 21.6. The SMILES string of the molecule is CCC1(c2ccccc2F)CN=C(N)N1Cc1cccs1. The minimum absolute atomic E-state index is 0.194. The number of guanidine groups is 1. The Morgan fingerprint density at radius 3 is 2.81 bits per heavy atom. The van der Waals surface area contributed by atoms with Gasteiger partial charge in [0.25, 0.3) is 0 Å². The first-order chi connectivity index (χ1) is 10.2. The second-order valence-electron chi connectivity index (χ2n) is 5.20. The first kappa shape index (κ1) is 14.1. The molecule has 0 bridgehead atoms. The monoisotopic (exact) mass is 303 g/mol. The van der Waals surface area contributed by atoms with Gasteiger partial charge in [0.15, 0.2) is 5.96 Å². The second kappa shape index (κ2) is 5.48. The Morgan fingerprint density at radius 2 is 2.14 bits per heavy atom. The first-order valence-electron chi connectivity index (χ1n) is 7.02. The summed E-state index contributed by atoms with van der Waals surface area (Å²) >= 11 is 1.68. The average molecular weight is 303 g/mol. The van der Waals surface area contributed by atoms with Gasteiger partial charge in [-0.2, -0.15) is 0 Å². The highest BCUT2D eigenvalue weighted by Gasteiger charge is 2.43. The highest BCUT2D eigenvalue weighted by atomic mass is 32.1. The van der Waals surface area contributed by atoms with E-state index in [1.165, 1.54) is 10.9 Å². The summed E-state index contributed by atoms with van der Waals surface area (Å²) in [5, 5.41) is 2.04. The fraction of sp³-hybridized carbons (Fsp3) is 0.312. The minimum atomic E-state index is -0.487. The zero-order valence-electron chi connectivity index (χ0n) is 11.9. The molecule has 0 saturated heterocycles. The summed E-state index contributed by atoms with van der Waals surface area (Å²) in [4.78, 5) is 7.64. The van der Waals surface area contributed by atoms with Crippen LogP contribution in [0.4, 0.5) is 4.39 Å². The Labute approximate surface area is 127 Å². The van der Waals surface area contributed by atoms with E-state index in [-0.39, 0.29) is 5.82 Å². The third kappa shape index (κ3) is 2.31. The van der Waals surface area contributed by atoms with Crippen LogP contribution in [0.5, 0.6) is 0 Å². The Hall–Kier alpha value is -1.88. The molecule has 1 aliphatic heterocycles. The third-order valence-electron chi connectivity index (χ3n) is 4.15. The Morgan fingerprint density at radius 1 is 1.33 bits per heavy atom. The van der Waals surface area contributed by atoms with Crippen LogP contribution in [0.1, 0.15) is 23.8 Å². The molecule has 2 N–H and O–H groups in total. The van der Waals surface area contributed by atoms with E-state index < -0.39 is 5.54 Å². The van der Waals surface area contributed by atoms with Gasteiger partial charge in [0.2, 0.25) is 0 Å². The van der Waals surface area contributed by atoms with E-state index in [9.17, 15) is 4.39 Å². The molecule has 110 valence electrons. The van der Waals surface area contributed by atoms with Gasteiger partial charge < -0.3 is 10.6 Å². The van der Waals surface area contributed by atoms with Crippen molar-refractivity contribution < 1.29 is 4.39 Å². The smallest absolute Gasteiger partial charge is 0.192 e. The van der Waals surface area contributed by atoms with Gasteiger partial charge in [-0.15, -0.1) is 11.3 Å². The molecule has 0 spiro atoms. The van der Waals surface area contributed by atoms with Crippen LogP contribution < -0.4 is 5.73 Å². The number of halogens is 1. The average Bonchev–Trinajstić information content (AvgIpc) is 3.11. The highest BCUT2D eigenvalue weighted by molar-refractivity contribution is 7.09. The van der Waals surface area contributed by atoms with Crippen LogP contribution in [0.3, 0.4) is 0 Å². The van der Waals surface area contributed by atoms with Gasteiger partial charge in [-0.1, -0.05) is 31.2 Å². The molecule has 1 atom stereocenters. The molecule has 3 rings (SSSR count). The lowest BCUT2D eigenvalue weighted by atomic mass is 9.85. The van der Waals surface area contributed by atoms with Crippen LogP contribution in [-0.4, -0.2) is 17.4 Å². The quantitative estimate of drug-likeness (QED) is 0.941. The van der Waals surface area contributed by atoms with Crippen LogP contribution in [0.2, 0.25) is 0 Å². The molecule has 2 heterocycles. The van der Waals surface area contributed by atoms with E-state index in [4.69, 9.17) is 5.73 Å². The van der Waals surface area contributed by atoms with E-state index >= 15 is 0 Å². The van der Waals surface area contributed by atoms with Crippen molar-refractivity contribution in [1.29, 1.82) is 0 Å². The third-order valence-corrected chi connectivity index (χ3v) is 5.01. The van der Waals surface area contributed by atoms with E-state index in [1.54, 1.807) is 17.4 Å². The van der Waals surface area contributed by atoms with Crippen LogP contribution in [-0.2, 0) is 12.1 Å². The zero-order valence-corrected chi connectivity index (χ0v) is 12.7. The van der Waals surface area contributed by atoms with Crippen molar-refractivity contribution >= 4 is 17.3 Å². The van der Waals surface area contributed by atoms with Crippen molar-refractivity contribution in [2.24, 2.45) is 10.7 Å². The zero-order chi connectivity index (χ0) is 14.9. The van der Waals surface area contributed by atoms with Gasteiger partial charge in [0.1, 0.15) is 5.82 Å². The molecule has 2 aromatic rings. The summed E-state index contributed by atoms with van der Waals surface area (Å²) in [5.41, 5.74) is 6.28. The van der Waals surface area contributed by atoms with Gasteiger partial charge in [0, 0.05) is 10.4 Å². The molecule has 1 aromatic heterocycles. The predicted molar refractivity (Wildman–Crippen MR) is 84.7 cm³/mol. The van der Waals surface area contributed by atoms with Gasteiger partial charge in [0.05, 0.1) is 18.6 Å². The van der Waals surface area contributed by atoms with Crippen LogP contribution in [0.15, 0.2) is 46.8 Å². The van der Waals surface area contributed by atoms with E-state index in [0.29, 0.717) is 24.6 Å². The Balaban J connectivity index is 2.02. The maximum absolute atomic E-state index is 14.3. The summed E-state index contributed by atoms with van der Waals surface area (Å²) < 4.78 is 14.3. The van der Waals surface area contributed by atoms with Crippen LogP contribution in [0, 0.1) is 5.82 Å². The van der Waals surface area contributed by atoms with Gasteiger partial charge in [-0.25, -0.2) is 4.39 Å². The summed E-state index contributed by atoms with van der Waals surface area (Å²) in [6.45, 7) is 3.22. The molecule has 1 aliphatic rings. The van der Waals surface area contributed by atoms with Gasteiger partial charge in [-0.05, 0) is 23.9 Å². The number of nitrogens with zero attached hydrogens (tertiary/aromatic N) is 2. The number of aliphatic imine (C=N–C) groups is 1. The molecule has 0 radical (unpaired) electrons. The van der Waals surface area contributed by atoms with Crippen molar-refractivity contribution in [1.82, 2.24) is 4.90 Å². The number of hydrogen-bond acceptors (Lipinski definition) is 4. The summed E-state index contributed by atoms with van der Waals surface area (Å²) in [5.74, 6) is 0.300. The number of nitrogens with two attached hydrogens (primary N) is 1. The minimum Gasteiger partial charge on any atom is -0.370 e. The lowest BCUT2D eigenvalue weighted by Crippen LogP contribution is -2.48. The van der Waals surface area contributed by atoms with Crippen molar-refractivity contribution in [3.05, 3.63) is 58.0 Å². The van der Waals surface area contributed by atoms with Crippen LogP contribution >= 0.6 is 11.3 Å². The molecule has 1 unspecified atom stereocenters. The second-order valence-corrected chi connectivity index (χ2v) is 6.24. The molecule has 5 heteroatoms. The Bertz CT molecular complexity index is 653. The molecule has 0 saturated carbocycles. The highest BCUT2D eigenvalue weighted by Crippen LogP contribution is 2.38. The maximum Gasteiger partial charge on any atom is 0.192 e. The largest absolute Gasteiger partial charge is 0.370 e. The number of benzene rings is 1. The van der Waals surface area contributed by atoms with Gasteiger partial charge >= 0.3 is 0 Å². The maximum atomic E-state index is 14.3. The summed E-state index contributed by atoms with van der Waals surface area (Å²) in [6, 6.07) is 11.0. The van der Waals surface area contributed by atoms with Crippen molar-refractivity contribution in [3.63, 3.8) is 0 Å². The molecule has 1 aromatic carbocycles. The molecular formula is C16H18FN3S. The van der Waals surface area contributed by atoms with E-state index in [0.717, 1.165) is 6.42 Å². The summed E-state index contributed by atoms with van der Waals surface area (Å²) in [6.07, 6.45) is 0.753. The van der Waals surface area contributed by atoms with E-state index in [1.807, 2.05) is 28.5 Å². The summed E-state index contributed by atoms with van der Waals surface area (Å²) in [7, 11) is 0. The molecule has 0 aliphatic carbocycles. The van der Waals surface area contributed by atoms with Crippen molar-refractivity contribution in [3.8, 4) is 0 Å². The fourth-order valence-electron chi connectivity index (χ4n) is 2.95. The number of hydrogen-bond donors (Lipinski definition) is 1. The number of thiophene rings is 1. The van der Waals surface area contributed by atoms with Crippen LogP contribution in [0.25, 0.3) is 0 Å². The number of rotatable bonds is 4. The lowest BCUT2D eigenvalue weighted by molar-refractivity contribution is 0.182. The topological polar surface area (TPSA) is 41.6 Å². The molecule has 3 nitrogen and oxygen atoms in total. The van der Waals surface area contributed by atoms with Crippen molar-refractivity contribution in [2.75, 3.05) is 6.54 Å². The van der Waals surface area contributed by atoms with E-state index in [2.05, 4.69) is 18.0 Å². The molecule has 0 fully saturated rings. The Kier molecular flexibility index (Phi) is 3.68. The predicted octanol–water partition coefficient (Wildman–Crippen LogP) is 3.32. The van der Waals surface area contributed by atoms with Crippen molar-refractivity contribution in [2.45, 2.75) is 25.4 Å².